The molecule has 0 fully saturated rings. The molecule has 0 saturated heterocycles. The van der Waals surface area contributed by atoms with E-state index in [0.717, 1.165) is 6.42 Å². The molecule has 0 radical (unpaired) electrons. The highest BCUT2D eigenvalue weighted by atomic mass is 16.5. The summed E-state index contributed by atoms with van der Waals surface area (Å²) in [4.78, 5) is 0. The molecule has 1 N–H and O–H groups in total. The quantitative estimate of drug-likeness (QED) is 0.712. The summed E-state index contributed by atoms with van der Waals surface area (Å²) in [5.41, 5.74) is -0.170. The van der Waals surface area contributed by atoms with Gasteiger partial charge in [-0.2, -0.15) is 0 Å². The molecule has 0 rings (SSSR count). The lowest BCUT2D eigenvalue weighted by Crippen LogP contribution is -2.35. The van der Waals surface area contributed by atoms with Gasteiger partial charge in [-0.1, -0.05) is 13.8 Å². The Bertz CT molecular complexity index is 166. The Morgan fingerprint density at radius 2 is 1.73 bits per heavy atom. The van der Waals surface area contributed by atoms with Gasteiger partial charge in [0.15, 0.2) is 0 Å². The van der Waals surface area contributed by atoms with Gasteiger partial charge in [-0.05, 0) is 32.6 Å². The highest BCUT2D eigenvalue weighted by Crippen LogP contribution is 2.20. The largest absolute Gasteiger partial charge is 0.390 e. The highest BCUT2D eigenvalue weighted by molar-refractivity contribution is 4.76. The second-order valence-corrected chi connectivity index (χ2v) is 5.01. The minimum absolute atomic E-state index is 0.0855. The molecular weight excluding hydrogens is 192 g/mol. The molecule has 0 spiro atoms. The average Bonchev–Trinajstić information content (AvgIpc) is 2.15. The smallest absolute Gasteiger partial charge is 0.0852 e. The van der Waals surface area contributed by atoms with E-state index < -0.39 is 6.10 Å². The van der Waals surface area contributed by atoms with Crippen LogP contribution in [-0.4, -0.2) is 37.1 Å². The molecule has 0 amide bonds. The Kier molecular flexibility index (Phi) is 6.41. The zero-order valence-corrected chi connectivity index (χ0v) is 10.9. The maximum atomic E-state index is 9.96. The second-order valence-electron chi connectivity index (χ2n) is 5.01. The number of hydrogen-bond acceptors (Lipinski definition) is 3. The van der Waals surface area contributed by atoms with Crippen LogP contribution < -0.4 is 0 Å². The van der Waals surface area contributed by atoms with Crippen LogP contribution in [-0.2, 0) is 9.47 Å². The molecule has 0 aliphatic heterocycles. The van der Waals surface area contributed by atoms with Crippen molar-refractivity contribution in [3.63, 3.8) is 0 Å². The van der Waals surface area contributed by atoms with Crippen molar-refractivity contribution in [2.24, 2.45) is 5.92 Å². The molecule has 0 saturated carbocycles. The third-order valence-corrected chi connectivity index (χ3v) is 2.90. The Hall–Kier alpha value is -0.120. The number of rotatable bonds is 7. The van der Waals surface area contributed by atoms with Crippen molar-refractivity contribution in [2.45, 2.75) is 58.3 Å². The Morgan fingerprint density at radius 3 is 2.07 bits per heavy atom. The number of aliphatic hydroxyl groups excluding tert-OH is 1. The topological polar surface area (TPSA) is 38.7 Å². The predicted octanol–water partition coefficient (Wildman–Crippen LogP) is 2.22. The Labute approximate surface area is 93.8 Å². The molecule has 2 atom stereocenters. The molecule has 15 heavy (non-hydrogen) atoms. The first-order valence-corrected chi connectivity index (χ1v) is 5.60. The average molecular weight is 218 g/mol. The Balaban J connectivity index is 4.06. The molecule has 0 bridgehead atoms. The van der Waals surface area contributed by atoms with Gasteiger partial charge in [-0.3, -0.25) is 0 Å². The summed E-state index contributed by atoms with van der Waals surface area (Å²) in [6, 6.07) is 0. The van der Waals surface area contributed by atoms with Crippen LogP contribution in [0.4, 0.5) is 0 Å². The van der Waals surface area contributed by atoms with Crippen LogP contribution in [0.1, 0.15) is 40.5 Å². The number of aliphatic hydroxyl groups is 1. The van der Waals surface area contributed by atoms with Crippen LogP contribution in [0.5, 0.6) is 0 Å². The van der Waals surface area contributed by atoms with Crippen molar-refractivity contribution in [1.82, 2.24) is 0 Å². The van der Waals surface area contributed by atoms with Gasteiger partial charge in [0.25, 0.3) is 0 Å². The minimum Gasteiger partial charge on any atom is -0.390 e. The fourth-order valence-electron chi connectivity index (χ4n) is 1.64. The van der Waals surface area contributed by atoms with E-state index in [1.807, 2.05) is 13.8 Å². The molecule has 3 heteroatoms. The summed E-state index contributed by atoms with van der Waals surface area (Å²) in [5.74, 6) is 0.329. The molecule has 0 aromatic carbocycles. The predicted molar refractivity (Wildman–Crippen MR) is 62.0 cm³/mol. The number of hydrogen-bond donors (Lipinski definition) is 1. The molecule has 3 nitrogen and oxygen atoms in total. The van der Waals surface area contributed by atoms with E-state index in [2.05, 4.69) is 13.8 Å². The highest BCUT2D eigenvalue weighted by Gasteiger charge is 2.25. The van der Waals surface area contributed by atoms with Gasteiger partial charge in [-0.25, -0.2) is 0 Å². The summed E-state index contributed by atoms with van der Waals surface area (Å²) in [6.07, 6.45) is 1.04. The maximum absolute atomic E-state index is 9.96. The van der Waals surface area contributed by atoms with Crippen molar-refractivity contribution in [2.75, 3.05) is 14.2 Å². The molecule has 0 heterocycles. The fourth-order valence-corrected chi connectivity index (χ4v) is 1.64. The molecule has 0 aromatic heterocycles. The van der Waals surface area contributed by atoms with Gasteiger partial charge in [-0.15, -0.1) is 0 Å². The molecule has 92 valence electrons. The maximum Gasteiger partial charge on any atom is 0.0852 e. The van der Waals surface area contributed by atoms with Crippen molar-refractivity contribution in [3.05, 3.63) is 0 Å². The number of methoxy groups -OCH3 is 2. The Morgan fingerprint density at radius 1 is 1.20 bits per heavy atom. The van der Waals surface area contributed by atoms with Gasteiger partial charge in [0.05, 0.1) is 17.8 Å². The fraction of sp³-hybridized carbons (Fsp3) is 1.00. The van der Waals surface area contributed by atoms with E-state index in [0.29, 0.717) is 12.3 Å². The van der Waals surface area contributed by atoms with E-state index in [-0.39, 0.29) is 11.7 Å². The van der Waals surface area contributed by atoms with Gasteiger partial charge >= 0.3 is 0 Å². The lowest BCUT2D eigenvalue weighted by atomic mass is 9.93. The van der Waals surface area contributed by atoms with E-state index in [9.17, 15) is 5.11 Å². The summed E-state index contributed by atoms with van der Waals surface area (Å²) >= 11 is 0. The molecule has 0 aliphatic rings. The van der Waals surface area contributed by atoms with Crippen LogP contribution in [0.3, 0.4) is 0 Å². The van der Waals surface area contributed by atoms with Crippen molar-refractivity contribution < 1.29 is 14.6 Å². The van der Waals surface area contributed by atoms with E-state index in [1.165, 1.54) is 0 Å². The number of ether oxygens (including phenoxy) is 2. The van der Waals surface area contributed by atoms with Gasteiger partial charge in [0.1, 0.15) is 0 Å². The summed E-state index contributed by atoms with van der Waals surface area (Å²) < 4.78 is 10.6. The molecule has 2 unspecified atom stereocenters. The van der Waals surface area contributed by atoms with Crippen molar-refractivity contribution in [1.29, 1.82) is 0 Å². The van der Waals surface area contributed by atoms with Crippen LogP contribution in [0, 0.1) is 5.92 Å². The van der Waals surface area contributed by atoms with Crippen LogP contribution in [0.25, 0.3) is 0 Å². The normalized spacial score (nSPS) is 16.8. The van der Waals surface area contributed by atoms with Gasteiger partial charge in [0.2, 0.25) is 0 Å². The van der Waals surface area contributed by atoms with E-state index >= 15 is 0 Å². The van der Waals surface area contributed by atoms with Gasteiger partial charge in [0, 0.05) is 14.2 Å². The first-order chi connectivity index (χ1) is 6.84. The van der Waals surface area contributed by atoms with E-state index in [1.54, 1.807) is 14.2 Å². The SMILES string of the molecule is COC(C(C)C)C(O)CCC(C)(C)OC. The standard InChI is InChI=1S/C12H26O3/c1-9(2)11(14-5)10(13)7-8-12(3,4)15-6/h9-11,13H,7-8H2,1-6H3. The van der Waals surface area contributed by atoms with Crippen LogP contribution >= 0.6 is 0 Å². The summed E-state index contributed by atoms with van der Waals surface area (Å²) in [6.45, 7) is 8.16. The third kappa shape index (κ3) is 5.50. The third-order valence-electron chi connectivity index (χ3n) is 2.90. The monoisotopic (exact) mass is 218 g/mol. The van der Waals surface area contributed by atoms with E-state index in [4.69, 9.17) is 9.47 Å². The zero-order valence-electron chi connectivity index (χ0n) is 10.9. The summed E-state index contributed by atoms with van der Waals surface area (Å²) in [7, 11) is 3.35. The lowest BCUT2D eigenvalue weighted by molar-refractivity contribution is -0.0562. The van der Waals surface area contributed by atoms with Crippen molar-refractivity contribution >= 4 is 0 Å². The zero-order chi connectivity index (χ0) is 12.1. The summed E-state index contributed by atoms with van der Waals surface area (Å²) in [5, 5.41) is 9.96. The lowest BCUT2D eigenvalue weighted by Gasteiger charge is -2.28. The first-order valence-electron chi connectivity index (χ1n) is 5.60. The second kappa shape index (κ2) is 6.46. The first kappa shape index (κ1) is 14.9. The van der Waals surface area contributed by atoms with Crippen LogP contribution in [0.2, 0.25) is 0 Å². The van der Waals surface area contributed by atoms with Crippen LogP contribution in [0.15, 0.2) is 0 Å². The molecular formula is C12H26O3. The molecule has 0 aliphatic carbocycles. The van der Waals surface area contributed by atoms with Crippen molar-refractivity contribution in [3.8, 4) is 0 Å². The van der Waals surface area contributed by atoms with Gasteiger partial charge < -0.3 is 14.6 Å². The minimum atomic E-state index is -0.413. The molecule has 0 aromatic rings.